The number of carboxylic acids is 1. The molecule has 2 aromatic rings. The van der Waals surface area contributed by atoms with Crippen LogP contribution in [-0.2, 0) is 21.2 Å². The minimum atomic E-state index is -3.64. The number of anilines is 1. The molecule has 2 aromatic heterocycles. The lowest BCUT2D eigenvalue weighted by Crippen LogP contribution is -2.12. The monoisotopic (exact) mass is 281 g/mol. The van der Waals surface area contributed by atoms with Crippen LogP contribution in [-0.4, -0.2) is 29.5 Å². The van der Waals surface area contributed by atoms with Crippen molar-refractivity contribution in [2.45, 2.75) is 11.3 Å². The fourth-order valence-electron chi connectivity index (χ4n) is 1.43. The third kappa shape index (κ3) is 3.32. The molecule has 2 heterocycles. The SMILES string of the molecule is O=C(O)Cc1ccc(NS(=O)(=O)c2cc[nH]c2)cn1. The number of rotatable bonds is 5. The van der Waals surface area contributed by atoms with E-state index in [4.69, 9.17) is 5.11 Å². The average molecular weight is 281 g/mol. The summed E-state index contributed by atoms with van der Waals surface area (Å²) in [5.41, 5.74) is 0.632. The summed E-state index contributed by atoms with van der Waals surface area (Å²) in [4.78, 5) is 17.1. The molecule has 0 aliphatic rings. The van der Waals surface area contributed by atoms with E-state index in [1.165, 1.54) is 36.8 Å². The molecule has 0 aliphatic carbocycles. The molecule has 100 valence electrons. The molecule has 0 unspecified atom stereocenters. The molecule has 7 nitrogen and oxygen atoms in total. The van der Waals surface area contributed by atoms with Gasteiger partial charge in [0.25, 0.3) is 10.0 Å². The third-order valence-corrected chi connectivity index (χ3v) is 3.67. The second-order valence-corrected chi connectivity index (χ2v) is 5.44. The van der Waals surface area contributed by atoms with Crippen LogP contribution >= 0.6 is 0 Å². The van der Waals surface area contributed by atoms with Gasteiger partial charge in [0, 0.05) is 12.4 Å². The Balaban J connectivity index is 2.14. The number of hydrogen-bond acceptors (Lipinski definition) is 4. The van der Waals surface area contributed by atoms with Crippen LogP contribution in [0.1, 0.15) is 5.69 Å². The predicted octanol–water partition coefficient (Wildman–Crippen LogP) is 0.838. The van der Waals surface area contributed by atoms with Crippen molar-refractivity contribution in [2.24, 2.45) is 0 Å². The molecule has 0 atom stereocenters. The fraction of sp³-hybridized carbons (Fsp3) is 0.0909. The number of aromatic nitrogens is 2. The Morgan fingerprint density at radius 1 is 1.37 bits per heavy atom. The van der Waals surface area contributed by atoms with Gasteiger partial charge < -0.3 is 10.1 Å². The van der Waals surface area contributed by atoms with Gasteiger partial charge in [0.1, 0.15) is 4.90 Å². The number of nitrogens with one attached hydrogen (secondary N) is 2. The van der Waals surface area contributed by atoms with Crippen LogP contribution in [0.2, 0.25) is 0 Å². The van der Waals surface area contributed by atoms with E-state index < -0.39 is 16.0 Å². The van der Waals surface area contributed by atoms with E-state index >= 15 is 0 Å². The number of carboxylic acid groups (broad SMARTS) is 1. The van der Waals surface area contributed by atoms with Gasteiger partial charge in [-0.15, -0.1) is 0 Å². The molecule has 0 saturated carbocycles. The maximum atomic E-state index is 11.9. The molecule has 0 aromatic carbocycles. The van der Waals surface area contributed by atoms with Crippen molar-refractivity contribution in [3.63, 3.8) is 0 Å². The Morgan fingerprint density at radius 2 is 2.16 bits per heavy atom. The summed E-state index contributed by atoms with van der Waals surface area (Å²) in [7, 11) is -3.64. The first kappa shape index (κ1) is 13.1. The zero-order valence-electron chi connectivity index (χ0n) is 9.70. The molecule has 0 bridgehead atoms. The van der Waals surface area contributed by atoms with E-state index in [0.717, 1.165) is 0 Å². The summed E-state index contributed by atoms with van der Waals surface area (Å²) in [6, 6.07) is 4.35. The van der Waals surface area contributed by atoms with Crippen LogP contribution in [0, 0.1) is 0 Å². The quantitative estimate of drug-likeness (QED) is 0.751. The molecule has 0 spiro atoms. The smallest absolute Gasteiger partial charge is 0.309 e. The van der Waals surface area contributed by atoms with E-state index in [-0.39, 0.29) is 17.0 Å². The van der Waals surface area contributed by atoms with Crippen LogP contribution in [0.4, 0.5) is 5.69 Å². The summed E-state index contributed by atoms with van der Waals surface area (Å²) >= 11 is 0. The number of hydrogen-bond donors (Lipinski definition) is 3. The topological polar surface area (TPSA) is 112 Å². The maximum Gasteiger partial charge on any atom is 0.309 e. The van der Waals surface area contributed by atoms with Crippen LogP contribution in [0.15, 0.2) is 41.7 Å². The van der Waals surface area contributed by atoms with E-state index in [2.05, 4.69) is 14.7 Å². The van der Waals surface area contributed by atoms with Crippen molar-refractivity contribution in [2.75, 3.05) is 4.72 Å². The molecule has 0 amide bonds. The summed E-state index contributed by atoms with van der Waals surface area (Å²) in [5, 5.41) is 8.59. The molecule has 8 heteroatoms. The first-order valence-electron chi connectivity index (χ1n) is 5.30. The number of H-pyrrole nitrogens is 1. The summed E-state index contributed by atoms with van der Waals surface area (Å²) in [5.74, 6) is -0.992. The highest BCUT2D eigenvalue weighted by Crippen LogP contribution is 2.14. The Morgan fingerprint density at radius 3 is 2.68 bits per heavy atom. The Kier molecular flexibility index (Phi) is 3.52. The van der Waals surface area contributed by atoms with Crippen molar-refractivity contribution in [3.8, 4) is 0 Å². The highest BCUT2D eigenvalue weighted by Gasteiger charge is 2.14. The standard InChI is InChI=1S/C11H11N3O4S/c15-11(16)5-8-1-2-9(6-13-8)14-19(17,18)10-3-4-12-7-10/h1-4,6-7,12,14H,5H2,(H,15,16). The minimum Gasteiger partial charge on any atom is -0.481 e. The first-order chi connectivity index (χ1) is 8.97. The Hall–Kier alpha value is -2.35. The van der Waals surface area contributed by atoms with Crippen molar-refractivity contribution in [1.29, 1.82) is 0 Å². The van der Waals surface area contributed by atoms with E-state index in [1.54, 1.807) is 0 Å². The van der Waals surface area contributed by atoms with Crippen LogP contribution < -0.4 is 4.72 Å². The number of carbonyl (C=O) groups is 1. The second kappa shape index (κ2) is 5.11. The van der Waals surface area contributed by atoms with Gasteiger partial charge in [0.05, 0.1) is 24.0 Å². The van der Waals surface area contributed by atoms with Gasteiger partial charge in [0.15, 0.2) is 0 Å². The van der Waals surface area contributed by atoms with Crippen LogP contribution in [0.5, 0.6) is 0 Å². The summed E-state index contributed by atoms with van der Waals surface area (Å²) in [6.07, 6.45) is 3.94. The number of aliphatic carboxylic acids is 1. The van der Waals surface area contributed by atoms with Crippen molar-refractivity contribution in [3.05, 3.63) is 42.5 Å². The third-order valence-electron chi connectivity index (χ3n) is 2.29. The molecular formula is C11H11N3O4S. The van der Waals surface area contributed by atoms with Crippen molar-refractivity contribution >= 4 is 21.7 Å². The largest absolute Gasteiger partial charge is 0.481 e. The lowest BCUT2D eigenvalue weighted by atomic mass is 10.3. The first-order valence-corrected chi connectivity index (χ1v) is 6.78. The number of aromatic amines is 1. The van der Waals surface area contributed by atoms with Crippen LogP contribution in [0.3, 0.4) is 0 Å². The molecule has 0 fully saturated rings. The molecule has 19 heavy (non-hydrogen) atoms. The zero-order valence-corrected chi connectivity index (χ0v) is 10.5. The van der Waals surface area contributed by atoms with Crippen LogP contribution in [0.25, 0.3) is 0 Å². The van der Waals surface area contributed by atoms with Gasteiger partial charge in [-0.3, -0.25) is 14.5 Å². The molecule has 3 N–H and O–H groups in total. The number of sulfonamides is 1. The fourth-order valence-corrected chi connectivity index (χ4v) is 2.45. The summed E-state index contributed by atoms with van der Waals surface area (Å²) in [6.45, 7) is 0. The lowest BCUT2D eigenvalue weighted by molar-refractivity contribution is -0.136. The minimum absolute atomic E-state index is 0.113. The molecular weight excluding hydrogens is 270 g/mol. The van der Waals surface area contributed by atoms with E-state index in [1.807, 2.05) is 0 Å². The van der Waals surface area contributed by atoms with E-state index in [9.17, 15) is 13.2 Å². The van der Waals surface area contributed by atoms with Gasteiger partial charge in [-0.25, -0.2) is 8.42 Å². The maximum absolute atomic E-state index is 11.9. The number of pyridine rings is 1. The summed E-state index contributed by atoms with van der Waals surface area (Å²) < 4.78 is 26.1. The van der Waals surface area contributed by atoms with Gasteiger partial charge in [0.2, 0.25) is 0 Å². The highest BCUT2D eigenvalue weighted by molar-refractivity contribution is 7.92. The van der Waals surface area contributed by atoms with Crippen molar-refractivity contribution in [1.82, 2.24) is 9.97 Å². The van der Waals surface area contributed by atoms with E-state index in [0.29, 0.717) is 5.69 Å². The predicted molar refractivity (Wildman–Crippen MR) is 67.2 cm³/mol. The van der Waals surface area contributed by atoms with Gasteiger partial charge >= 0.3 is 5.97 Å². The Labute approximate surface area is 109 Å². The molecule has 2 rings (SSSR count). The van der Waals surface area contributed by atoms with Gasteiger partial charge in [-0.2, -0.15) is 0 Å². The lowest BCUT2D eigenvalue weighted by Gasteiger charge is -2.06. The molecule has 0 radical (unpaired) electrons. The average Bonchev–Trinajstić information content (AvgIpc) is 2.85. The number of nitrogens with zero attached hydrogens (tertiary/aromatic N) is 1. The second-order valence-electron chi connectivity index (χ2n) is 3.76. The zero-order chi connectivity index (χ0) is 13.9. The Bertz CT molecular complexity index is 662. The van der Waals surface area contributed by atoms with Gasteiger partial charge in [-0.05, 0) is 18.2 Å². The highest BCUT2D eigenvalue weighted by atomic mass is 32.2. The van der Waals surface area contributed by atoms with Crippen molar-refractivity contribution < 1.29 is 18.3 Å². The molecule has 0 aliphatic heterocycles. The normalized spacial score (nSPS) is 11.2. The van der Waals surface area contributed by atoms with Gasteiger partial charge in [-0.1, -0.05) is 0 Å². The molecule has 0 saturated heterocycles.